The number of amides is 1. The van der Waals surface area contributed by atoms with Gasteiger partial charge in [-0.05, 0) is 26.3 Å². The molecule has 1 aliphatic rings. The number of aromatic nitrogens is 1. The van der Waals surface area contributed by atoms with Crippen molar-refractivity contribution in [3.05, 3.63) is 22.5 Å². The van der Waals surface area contributed by atoms with Crippen LogP contribution in [-0.2, 0) is 9.53 Å². The lowest BCUT2D eigenvalue weighted by atomic mass is 10.1. The van der Waals surface area contributed by atoms with Crippen molar-refractivity contribution in [1.82, 2.24) is 9.88 Å². The first-order valence-electron chi connectivity index (χ1n) is 7.14. The predicted octanol–water partition coefficient (Wildman–Crippen LogP) is 1.15. The molecule has 1 aromatic heterocycles. The topological polar surface area (TPSA) is 99.7 Å². The van der Waals surface area contributed by atoms with E-state index in [9.17, 15) is 14.4 Å². The summed E-state index contributed by atoms with van der Waals surface area (Å²) in [5.41, 5.74) is 2.23. The lowest BCUT2D eigenvalue weighted by Crippen LogP contribution is -2.46. The molecule has 1 aliphatic heterocycles. The average Bonchev–Trinajstić information content (AvgIpc) is 2.72. The van der Waals surface area contributed by atoms with Crippen LogP contribution in [0.3, 0.4) is 0 Å². The minimum absolute atomic E-state index is 0.0870. The fourth-order valence-corrected chi connectivity index (χ4v) is 2.87. The minimum atomic E-state index is -0.954. The first-order valence-corrected chi connectivity index (χ1v) is 7.14. The third kappa shape index (κ3) is 3.19. The zero-order valence-corrected chi connectivity index (χ0v) is 12.9. The number of H-pyrrole nitrogens is 1. The molecule has 1 atom stereocenters. The molecule has 1 saturated heterocycles. The number of carboxylic acids is 1. The van der Waals surface area contributed by atoms with Gasteiger partial charge in [0.2, 0.25) is 0 Å². The van der Waals surface area contributed by atoms with Crippen LogP contribution in [0.25, 0.3) is 0 Å². The van der Waals surface area contributed by atoms with Gasteiger partial charge in [0.1, 0.15) is 5.69 Å². The smallest absolute Gasteiger partial charge is 0.306 e. The molecule has 0 aliphatic carbocycles. The number of carboxylic acid groups (broad SMARTS) is 1. The second-order valence-electron chi connectivity index (χ2n) is 5.52. The van der Waals surface area contributed by atoms with Crippen LogP contribution in [-0.4, -0.2) is 58.5 Å². The number of hydrogen-bond donors (Lipinski definition) is 2. The van der Waals surface area contributed by atoms with Gasteiger partial charge in [0.05, 0.1) is 19.1 Å². The zero-order chi connectivity index (χ0) is 16.4. The van der Waals surface area contributed by atoms with Crippen molar-refractivity contribution in [3.63, 3.8) is 0 Å². The maximum atomic E-state index is 12.6. The van der Waals surface area contributed by atoms with E-state index in [4.69, 9.17) is 9.84 Å². The third-order valence-corrected chi connectivity index (χ3v) is 3.83. The van der Waals surface area contributed by atoms with Gasteiger partial charge >= 0.3 is 5.97 Å². The fourth-order valence-electron chi connectivity index (χ4n) is 2.87. The lowest BCUT2D eigenvalue weighted by Gasteiger charge is -2.32. The Morgan fingerprint density at radius 2 is 2.05 bits per heavy atom. The summed E-state index contributed by atoms with van der Waals surface area (Å²) < 4.78 is 5.36. The van der Waals surface area contributed by atoms with Gasteiger partial charge in [-0.1, -0.05) is 0 Å². The highest BCUT2D eigenvalue weighted by atomic mass is 16.5. The number of carbonyl (C=O) groups excluding carboxylic acids is 2. The Hall–Kier alpha value is -2.15. The first-order chi connectivity index (χ1) is 10.3. The molecule has 0 bridgehead atoms. The summed E-state index contributed by atoms with van der Waals surface area (Å²) in [5, 5.41) is 8.83. The summed E-state index contributed by atoms with van der Waals surface area (Å²) in [5.74, 6) is -1.27. The molecule has 2 N–H and O–H groups in total. The first kappa shape index (κ1) is 16.2. The Bertz CT molecular complexity index is 620. The van der Waals surface area contributed by atoms with Crippen LogP contribution < -0.4 is 0 Å². The number of aryl methyl sites for hydroxylation is 1. The van der Waals surface area contributed by atoms with Gasteiger partial charge in [0.15, 0.2) is 5.78 Å². The van der Waals surface area contributed by atoms with E-state index in [0.29, 0.717) is 35.7 Å². The number of morpholine rings is 1. The van der Waals surface area contributed by atoms with E-state index in [-0.39, 0.29) is 24.7 Å². The number of carbonyl (C=O) groups is 3. The summed E-state index contributed by atoms with van der Waals surface area (Å²) >= 11 is 0. The number of aliphatic carboxylic acids is 1. The molecule has 1 fully saturated rings. The quantitative estimate of drug-likeness (QED) is 0.813. The normalized spacial score (nSPS) is 18.3. The van der Waals surface area contributed by atoms with E-state index >= 15 is 0 Å². The molecular formula is C15H20N2O5. The molecule has 1 unspecified atom stereocenters. The second-order valence-corrected chi connectivity index (χ2v) is 5.52. The van der Waals surface area contributed by atoms with E-state index in [1.54, 1.807) is 18.7 Å². The Kier molecular flexibility index (Phi) is 4.65. The zero-order valence-electron chi connectivity index (χ0n) is 12.9. The van der Waals surface area contributed by atoms with Gasteiger partial charge in [-0.2, -0.15) is 0 Å². The van der Waals surface area contributed by atoms with Crippen LogP contribution in [0.15, 0.2) is 0 Å². The van der Waals surface area contributed by atoms with Crippen LogP contribution in [0.5, 0.6) is 0 Å². The van der Waals surface area contributed by atoms with E-state index in [1.165, 1.54) is 6.92 Å². The van der Waals surface area contributed by atoms with Crippen LogP contribution >= 0.6 is 0 Å². The van der Waals surface area contributed by atoms with E-state index < -0.39 is 12.1 Å². The third-order valence-electron chi connectivity index (χ3n) is 3.83. The van der Waals surface area contributed by atoms with Crippen LogP contribution in [0.2, 0.25) is 0 Å². The largest absolute Gasteiger partial charge is 0.481 e. The lowest BCUT2D eigenvalue weighted by molar-refractivity contribution is -0.141. The Morgan fingerprint density at radius 1 is 1.36 bits per heavy atom. The number of ether oxygens (including phenoxy) is 1. The van der Waals surface area contributed by atoms with Gasteiger partial charge in [-0.25, -0.2) is 0 Å². The maximum absolute atomic E-state index is 12.6. The Morgan fingerprint density at radius 3 is 2.59 bits per heavy atom. The van der Waals surface area contributed by atoms with E-state index in [1.807, 2.05) is 0 Å². The highest BCUT2D eigenvalue weighted by Gasteiger charge is 2.29. The summed E-state index contributed by atoms with van der Waals surface area (Å²) in [6.45, 7) is 5.91. The molecule has 0 aromatic carbocycles. The van der Waals surface area contributed by atoms with Gasteiger partial charge in [0, 0.05) is 24.3 Å². The van der Waals surface area contributed by atoms with Gasteiger partial charge in [0.25, 0.3) is 5.91 Å². The monoisotopic (exact) mass is 308 g/mol. The van der Waals surface area contributed by atoms with Crippen LogP contribution in [0, 0.1) is 13.8 Å². The highest BCUT2D eigenvalue weighted by Crippen LogP contribution is 2.21. The number of hydrogen-bond acceptors (Lipinski definition) is 4. The van der Waals surface area contributed by atoms with Crippen molar-refractivity contribution >= 4 is 17.7 Å². The molecule has 1 amide bonds. The standard InChI is InChI=1S/C15H20N2O5/c1-8-13(10(3)18)9(2)16-14(8)15(21)17-4-5-22-11(7-17)6-12(19)20/h11,16H,4-7H2,1-3H3,(H,19,20). The summed E-state index contributed by atoms with van der Waals surface area (Å²) in [4.78, 5) is 39.6. The predicted molar refractivity (Wildman–Crippen MR) is 78.2 cm³/mol. The molecule has 7 nitrogen and oxygen atoms in total. The minimum Gasteiger partial charge on any atom is -0.481 e. The fraction of sp³-hybridized carbons (Fsp3) is 0.533. The van der Waals surface area contributed by atoms with Crippen molar-refractivity contribution in [2.75, 3.05) is 19.7 Å². The highest BCUT2D eigenvalue weighted by molar-refractivity contribution is 6.02. The van der Waals surface area contributed by atoms with Crippen molar-refractivity contribution in [3.8, 4) is 0 Å². The van der Waals surface area contributed by atoms with Crippen molar-refractivity contribution in [2.24, 2.45) is 0 Å². The SMILES string of the molecule is CC(=O)c1c(C)[nH]c(C(=O)N2CCOC(CC(=O)O)C2)c1C. The molecule has 2 heterocycles. The van der Waals surface area contributed by atoms with Crippen molar-refractivity contribution < 1.29 is 24.2 Å². The van der Waals surface area contributed by atoms with Crippen LogP contribution in [0.1, 0.15) is 45.4 Å². The Labute approximate surface area is 128 Å². The molecular weight excluding hydrogens is 288 g/mol. The summed E-state index contributed by atoms with van der Waals surface area (Å²) in [7, 11) is 0. The van der Waals surface area contributed by atoms with E-state index in [0.717, 1.165) is 0 Å². The van der Waals surface area contributed by atoms with Crippen molar-refractivity contribution in [1.29, 1.82) is 0 Å². The average molecular weight is 308 g/mol. The molecule has 0 saturated carbocycles. The molecule has 0 radical (unpaired) electrons. The van der Waals surface area contributed by atoms with E-state index in [2.05, 4.69) is 4.98 Å². The van der Waals surface area contributed by atoms with Crippen molar-refractivity contribution in [2.45, 2.75) is 33.3 Å². The number of aromatic amines is 1. The number of ketones is 1. The maximum Gasteiger partial charge on any atom is 0.306 e. The molecule has 7 heteroatoms. The van der Waals surface area contributed by atoms with Gasteiger partial charge < -0.3 is 19.7 Å². The van der Waals surface area contributed by atoms with Gasteiger partial charge in [-0.15, -0.1) is 0 Å². The molecule has 0 spiro atoms. The Balaban J connectivity index is 2.19. The number of rotatable bonds is 4. The second kappa shape index (κ2) is 6.31. The molecule has 1 aromatic rings. The number of nitrogens with zero attached hydrogens (tertiary/aromatic N) is 1. The number of Topliss-reactive ketones (excluding diaryl/α,β-unsaturated/α-hetero) is 1. The number of nitrogens with one attached hydrogen (secondary N) is 1. The van der Waals surface area contributed by atoms with Gasteiger partial charge in [-0.3, -0.25) is 14.4 Å². The molecule has 120 valence electrons. The summed E-state index contributed by atoms with van der Waals surface area (Å²) in [6, 6.07) is 0. The summed E-state index contributed by atoms with van der Waals surface area (Å²) in [6.07, 6.45) is -0.635. The van der Waals surface area contributed by atoms with Crippen LogP contribution in [0.4, 0.5) is 0 Å². The molecule has 2 rings (SSSR count). The molecule has 22 heavy (non-hydrogen) atoms.